The Morgan fingerprint density at radius 1 is 0.816 bits per heavy atom. The summed E-state index contributed by atoms with van der Waals surface area (Å²) in [5, 5.41) is 0.641. The number of benzene rings is 4. The molecule has 1 aliphatic heterocycles. The minimum Gasteiger partial charge on any atom is -0.366 e. The zero-order chi connectivity index (χ0) is 26.5. The molecule has 0 bridgehead atoms. The highest BCUT2D eigenvalue weighted by atomic mass is 35.5. The average molecular weight is 548 g/mol. The molecule has 1 amide bonds. The van der Waals surface area contributed by atoms with Crippen molar-refractivity contribution in [2.45, 2.75) is 11.4 Å². The van der Waals surface area contributed by atoms with Crippen molar-refractivity contribution in [1.82, 2.24) is 4.90 Å². The summed E-state index contributed by atoms with van der Waals surface area (Å²) < 4.78 is 29.5. The molecule has 1 aliphatic rings. The topological polar surface area (TPSA) is 43.9 Å². The van der Waals surface area contributed by atoms with E-state index in [0.29, 0.717) is 53.9 Å². The molecule has 1 fully saturated rings. The molecule has 0 N–H and O–H groups in total. The Hall–Kier alpha value is -3.68. The first-order chi connectivity index (χ1) is 18.5. The third kappa shape index (κ3) is 5.90. The Morgan fingerprint density at radius 2 is 1.45 bits per heavy atom. The fourth-order valence-corrected chi connectivity index (χ4v) is 5.83. The number of nitrogens with zero attached hydrogens (tertiary/aromatic N) is 3. The predicted octanol–water partition coefficient (Wildman–Crippen LogP) is 6.17. The highest BCUT2D eigenvalue weighted by Crippen LogP contribution is 2.26. The van der Waals surface area contributed by atoms with E-state index >= 15 is 0 Å². The molecule has 194 valence electrons. The van der Waals surface area contributed by atoms with E-state index in [1.807, 2.05) is 77.7 Å². The molecule has 4 aromatic rings. The summed E-state index contributed by atoms with van der Waals surface area (Å²) in [4.78, 5) is 17.7. The Balaban J connectivity index is 1.31. The molecule has 8 heteroatoms. The van der Waals surface area contributed by atoms with Crippen LogP contribution < -0.4 is 9.21 Å². The molecule has 5 nitrogen and oxygen atoms in total. The highest BCUT2D eigenvalue weighted by molar-refractivity contribution is 7.86. The van der Waals surface area contributed by atoms with Gasteiger partial charge in [0.05, 0.1) is 22.8 Å². The summed E-state index contributed by atoms with van der Waals surface area (Å²) in [5.41, 5.74) is 2.83. The number of carbonyl (C=O) groups is 1. The molecular weight excluding hydrogens is 521 g/mol. The van der Waals surface area contributed by atoms with Crippen LogP contribution in [0.25, 0.3) is 0 Å². The van der Waals surface area contributed by atoms with Crippen LogP contribution in [-0.4, -0.2) is 41.2 Å². The number of hydrogen-bond donors (Lipinski definition) is 0. The van der Waals surface area contributed by atoms with Crippen molar-refractivity contribution in [3.8, 4) is 0 Å². The van der Waals surface area contributed by atoms with Gasteiger partial charge in [0.1, 0.15) is 5.82 Å². The zero-order valence-corrected chi connectivity index (χ0v) is 22.2. The van der Waals surface area contributed by atoms with Crippen molar-refractivity contribution < 1.29 is 13.4 Å². The summed E-state index contributed by atoms with van der Waals surface area (Å²) in [7, 11) is -1.46. The lowest BCUT2D eigenvalue weighted by atomic mass is 10.1. The molecule has 0 aliphatic carbocycles. The lowest BCUT2D eigenvalue weighted by molar-refractivity contribution is 0.0746. The van der Waals surface area contributed by atoms with Crippen molar-refractivity contribution in [1.29, 1.82) is 0 Å². The largest absolute Gasteiger partial charge is 0.366 e. The van der Waals surface area contributed by atoms with Crippen LogP contribution in [0.15, 0.2) is 108 Å². The van der Waals surface area contributed by atoms with Crippen LogP contribution in [0, 0.1) is 5.82 Å². The Labute approximate surface area is 229 Å². The summed E-state index contributed by atoms with van der Waals surface area (Å²) in [5.74, 6) is -0.322. The molecule has 0 aromatic heterocycles. The van der Waals surface area contributed by atoms with Gasteiger partial charge in [-0.2, -0.15) is 0 Å². The minimum atomic E-state index is -1.46. The summed E-state index contributed by atoms with van der Waals surface area (Å²) in [6.45, 7) is 2.56. The molecular formula is C30H27ClFN3O2S. The van der Waals surface area contributed by atoms with Gasteiger partial charge in [0, 0.05) is 36.8 Å². The number of piperazine rings is 1. The maximum atomic E-state index is 14.2. The molecule has 0 radical (unpaired) electrons. The quantitative estimate of drug-likeness (QED) is 0.278. The Kier molecular flexibility index (Phi) is 8.05. The van der Waals surface area contributed by atoms with Crippen LogP contribution in [0.4, 0.5) is 15.8 Å². The molecule has 5 rings (SSSR count). The maximum Gasteiger partial charge on any atom is 0.253 e. The highest BCUT2D eigenvalue weighted by Gasteiger charge is 2.24. The zero-order valence-electron chi connectivity index (χ0n) is 20.7. The molecule has 0 saturated carbocycles. The van der Waals surface area contributed by atoms with E-state index in [9.17, 15) is 13.4 Å². The molecule has 38 heavy (non-hydrogen) atoms. The van der Waals surface area contributed by atoms with Gasteiger partial charge in [0.2, 0.25) is 0 Å². The van der Waals surface area contributed by atoms with Gasteiger partial charge in [-0.3, -0.25) is 9.10 Å². The van der Waals surface area contributed by atoms with Crippen LogP contribution in [-0.2, 0) is 17.5 Å². The van der Waals surface area contributed by atoms with E-state index in [4.69, 9.17) is 11.6 Å². The SMILES string of the molecule is O=C(c1ccc(N(Cc2ccc(Cl)cc2)S(=O)c2ccccc2)cc1)N1CCN(c2ccccc2F)CC1. The normalized spacial score (nSPS) is 14.3. The number of hydrogen-bond acceptors (Lipinski definition) is 3. The second-order valence-electron chi connectivity index (χ2n) is 9.00. The van der Waals surface area contributed by atoms with Gasteiger partial charge >= 0.3 is 0 Å². The minimum absolute atomic E-state index is 0.0711. The Bertz CT molecular complexity index is 1410. The molecule has 1 atom stereocenters. The van der Waals surface area contributed by atoms with Crippen molar-refractivity contribution in [2.75, 3.05) is 35.4 Å². The third-order valence-electron chi connectivity index (χ3n) is 6.55. The number of anilines is 2. The van der Waals surface area contributed by atoms with Gasteiger partial charge in [-0.25, -0.2) is 8.60 Å². The molecule has 1 saturated heterocycles. The van der Waals surface area contributed by atoms with E-state index in [-0.39, 0.29) is 11.7 Å². The number of amides is 1. The predicted molar refractivity (Wildman–Crippen MR) is 151 cm³/mol. The van der Waals surface area contributed by atoms with Crippen LogP contribution in [0.5, 0.6) is 0 Å². The smallest absolute Gasteiger partial charge is 0.253 e. The standard InChI is InChI=1S/C30H27ClFN3O2S/c31-25-14-10-23(11-15-25)22-35(38(37)27-6-2-1-3-7-27)26-16-12-24(13-17-26)30(36)34-20-18-33(19-21-34)29-9-5-4-8-28(29)32/h1-17H,18-22H2. The lowest BCUT2D eigenvalue weighted by Gasteiger charge is -2.36. The summed E-state index contributed by atoms with van der Waals surface area (Å²) >= 11 is 6.05. The summed E-state index contributed by atoms with van der Waals surface area (Å²) in [6.07, 6.45) is 0. The van der Waals surface area contributed by atoms with Crippen LogP contribution in [0.1, 0.15) is 15.9 Å². The van der Waals surface area contributed by atoms with Crippen molar-refractivity contribution in [3.63, 3.8) is 0 Å². The summed E-state index contributed by atoms with van der Waals surface area (Å²) in [6, 6.07) is 30.7. The fourth-order valence-electron chi connectivity index (χ4n) is 4.48. The average Bonchev–Trinajstić information content (AvgIpc) is 2.97. The fraction of sp³-hybridized carbons (Fsp3) is 0.167. The first-order valence-electron chi connectivity index (χ1n) is 12.4. The van der Waals surface area contributed by atoms with E-state index < -0.39 is 11.0 Å². The first-order valence-corrected chi connectivity index (χ1v) is 13.9. The maximum absolute atomic E-state index is 14.2. The number of carbonyl (C=O) groups excluding carboxylic acids is 1. The van der Waals surface area contributed by atoms with E-state index in [2.05, 4.69) is 0 Å². The molecule has 4 aromatic carbocycles. The van der Waals surface area contributed by atoms with Gasteiger partial charge in [0.25, 0.3) is 5.91 Å². The van der Waals surface area contributed by atoms with E-state index in [0.717, 1.165) is 11.3 Å². The monoisotopic (exact) mass is 547 g/mol. The van der Waals surface area contributed by atoms with Crippen molar-refractivity contribution >= 4 is 39.9 Å². The van der Waals surface area contributed by atoms with Gasteiger partial charge in [0.15, 0.2) is 11.0 Å². The number of rotatable bonds is 7. The second kappa shape index (κ2) is 11.8. The molecule has 1 unspecified atom stereocenters. The third-order valence-corrected chi connectivity index (χ3v) is 8.21. The van der Waals surface area contributed by atoms with Gasteiger partial charge in [-0.15, -0.1) is 0 Å². The van der Waals surface area contributed by atoms with Gasteiger partial charge in [-0.05, 0) is 66.2 Å². The Morgan fingerprint density at radius 3 is 2.11 bits per heavy atom. The lowest BCUT2D eigenvalue weighted by Crippen LogP contribution is -2.49. The second-order valence-corrected chi connectivity index (χ2v) is 10.8. The molecule has 1 heterocycles. The van der Waals surface area contributed by atoms with Crippen molar-refractivity contribution in [3.05, 3.63) is 125 Å². The van der Waals surface area contributed by atoms with Crippen molar-refractivity contribution in [2.24, 2.45) is 0 Å². The van der Waals surface area contributed by atoms with Crippen LogP contribution in [0.3, 0.4) is 0 Å². The van der Waals surface area contributed by atoms with Gasteiger partial charge in [-0.1, -0.05) is 54.1 Å². The number of para-hydroxylation sites is 1. The van der Waals surface area contributed by atoms with E-state index in [1.165, 1.54) is 6.07 Å². The first kappa shape index (κ1) is 25.9. The van der Waals surface area contributed by atoms with Gasteiger partial charge < -0.3 is 9.80 Å². The number of halogens is 2. The van der Waals surface area contributed by atoms with Crippen LogP contribution in [0.2, 0.25) is 5.02 Å². The van der Waals surface area contributed by atoms with E-state index in [1.54, 1.807) is 33.5 Å². The van der Waals surface area contributed by atoms with Crippen LogP contribution >= 0.6 is 11.6 Å². The molecule has 0 spiro atoms.